The molecule has 0 unspecified atom stereocenters. The van der Waals surface area contributed by atoms with Gasteiger partial charge < -0.3 is 10.2 Å². The standard InChI is InChI=1S/C18H21FN4O2/c1-2-8-23-16(6-7-20-23)18(25)21-15-10-17(24)22(12-15)11-13-4-3-5-14(19)9-13/h3-7,9,15H,2,8,10-12H2,1H3,(H,21,25)/t15-/m1/s1. The van der Waals surface area contributed by atoms with E-state index < -0.39 is 0 Å². The number of nitrogens with zero attached hydrogens (tertiary/aromatic N) is 3. The maximum absolute atomic E-state index is 13.3. The summed E-state index contributed by atoms with van der Waals surface area (Å²) in [4.78, 5) is 26.2. The van der Waals surface area contributed by atoms with Gasteiger partial charge in [-0.3, -0.25) is 14.3 Å². The Kier molecular flexibility index (Phi) is 5.11. The Morgan fingerprint density at radius 3 is 3.00 bits per heavy atom. The van der Waals surface area contributed by atoms with Gasteiger partial charge in [0, 0.05) is 32.3 Å². The van der Waals surface area contributed by atoms with Gasteiger partial charge in [0.15, 0.2) is 0 Å². The number of hydrogen-bond acceptors (Lipinski definition) is 3. The van der Waals surface area contributed by atoms with E-state index in [9.17, 15) is 14.0 Å². The minimum Gasteiger partial charge on any atom is -0.346 e. The molecule has 3 rings (SSSR count). The lowest BCUT2D eigenvalue weighted by molar-refractivity contribution is -0.128. The fourth-order valence-corrected chi connectivity index (χ4v) is 3.05. The molecule has 2 amide bonds. The first-order valence-corrected chi connectivity index (χ1v) is 8.41. The summed E-state index contributed by atoms with van der Waals surface area (Å²) in [5, 5.41) is 7.04. The van der Waals surface area contributed by atoms with Crippen molar-refractivity contribution in [3.8, 4) is 0 Å². The number of halogens is 1. The van der Waals surface area contributed by atoms with Crippen LogP contribution < -0.4 is 5.32 Å². The minimum atomic E-state index is -0.321. The number of rotatable bonds is 6. The van der Waals surface area contributed by atoms with Crippen molar-refractivity contribution >= 4 is 11.8 Å². The highest BCUT2D eigenvalue weighted by molar-refractivity contribution is 5.93. The first-order chi connectivity index (χ1) is 12.1. The van der Waals surface area contributed by atoms with E-state index in [1.54, 1.807) is 34.0 Å². The molecular formula is C18H21FN4O2. The molecule has 1 aromatic heterocycles. The molecule has 0 spiro atoms. The Balaban J connectivity index is 1.60. The van der Waals surface area contributed by atoms with Crippen molar-refractivity contribution in [1.82, 2.24) is 20.0 Å². The van der Waals surface area contributed by atoms with Crippen LogP contribution in [0.15, 0.2) is 36.5 Å². The van der Waals surface area contributed by atoms with Crippen molar-refractivity contribution < 1.29 is 14.0 Å². The molecule has 25 heavy (non-hydrogen) atoms. The van der Waals surface area contributed by atoms with Crippen LogP contribution in [0.25, 0.3) is 0 Å². The average molecular weight is 344 g/mol. The van der Waals surface area contributed by atoms with Crippen LogP contribution in [0.2, 0.25) is 0 Å². The second-order valence-electron chi connectivity index (χ2n) is 6.22. The normalized spacial score (nSPS) is 17.1. The maximum Gasteiger partial charge on any atom is 0.269 e. The number of carbonyl (C=O) groups excluding carboxylic acids is 2. The van der Waals surface area contributed by atoms with Gasteiger partial charge in [-0.05, 0) is 30.2 Å². The number of aryl methyl sites for hydroxylation is 1. The molecule has 7 heteroatoms. The summed E-state index contributed by atoms with van der Waals surface area (Å²) in [5.74, 6) is -0.592. The van der Waals surface area contributed by atoms with Crippen molar-refractivity contribution in [3.05, 3.63) is 53.6 Å². The van der Waals surface area contributed by atoms with Gasteiger partial charge in [0.2, 0.25) is 5.91 Å². The summed E-state index contributed by atoms with van der Waals surface area (Å²) in [6.07, 6.45) is 2.73. The topological polar surface area (TPSA) is 67.2 Å². The fraction of sp³-hybridized carbons (Fsp3) is 0.389. The summed E-state index contributed by atoms with van der Waals surface area (Å²) in [6, 6.07) is 7.62. The summed E-state index contributed by atoms with van der Waals surface area (Å²) < 4.78 is 14.9. The largest absolute Gasteiger partial charge is 0.346 e. The van der Waals surface area contributed by atoms with Crippen molar-refractivity contribution in [1.29, 1.82) is 0 Å². The van der Waals surface area contributed by atoms with Gasteiger partial charge in [0.05, 0.1) is 6.04 Å². The summed E-state index contributed by atoms with van der Waals surface area (Å²) in [6.45, 7) is 3.45. The van der Waals surface area contributed by atoms with Crippen molar-refractivity contribution in [3.63, 3.8) is 0 Å². The molecule has 0 aliphatic carbocycles. The molecule has 1 aromatic carbocycles. The second-order valence-corrected chi connectivity index (χ2v) is 6.22. The first kappa shape index (κ1) is 17.1. The molecule has 1 aliphatic heterocycles. The van der Waals surface area contributed by atoms with Crippen LogP contribution in [0.5, 0.6) is 0 Å². The average Bonchev–Trinajstić information content (AvgIpc) is 3.15. The molecule has 1 N–H and O–H groups in total. The van der Waals surface area contributed by atoms with E-state index in [-0.39, 0.29) is 30.1 Å². The molecule has 6 nitrogen and oxygen atoms in total. The monoisotopic (exact) mass is 344 g/mol. The SMILES string of the molecule is CCCn1nccc1C(=O)N[C@@H]1CC(=O)N(Cc2cccc(F)c2)C1. The highest BCUT2D eigenvalue weighted by atomic mass is 19.1. The van der Waals surface area contributed by atoms with Crippen LogP contribution >= 0.6 is 0 Å². The Morgan fingerprint density at radius 1 is 1.40 bits per heavy atom. The molecule has 132 valence electrons. The van der Waals surface area contributed by atoms with Crippen LogP contribution in [-0.2, 0) is 17.9 Å². The molecular weight excluding hydrogens is 323 g/mol. The molecule has 0 saturated carbocycles. The number of likely N-dealkylation sites (tertiary alicyclic amines) is 1. The van der Waals surface area contributed by atoms with Gasteiger partial charge in [-0.25, -0.2) is 4.39 Å². The Bertz CT molecular complexity index is 774. The molecule has 1 fully saturated rings. The van der Waals surface area contributed by atoms with E-state index in [4.69, 9.17) is 0 Å². The third-order valence-corrected chi connectivity index (χ3v) is 4.20. The zero-order valence-corrected chi connectivity index (χ0v) is 14.1. The van der Waals surface area contributed by atoms with Crippen LogP contribution in [0.3, 0.4) is 0 Å². The lowest BCUT2D eigenvalue weighted by atomic mass is 10.2. The van der Waals surface area contributed by atoms with Gasteiger partial charge in [0.25, 0.3) is 5.91 Å². The maximum atomic E-state index is 13.3. The number of benzene rings is 1. The van der Waals surface area contributed by atoms with Crippen LogP contribution in [0.1, 0.15) is 35.8 Å². The van der Waals surface area contributed by atoms with Gasteiger partial charge in [-0.1, -0.05) is 19.1 Å². The van der Waals surface area contributed by atoms with Gasteiger partial charge >= 0.3 is 0 Å². The van der Waals surface area contributed by atoms with E-state index in [1.165, 1.54) is 12.1 Å². The predicted octanol–water partition coefficient (Wildman–Crippen LogP) is 1.96. The van der Waals surface area contributed by atoms with E-state index in [0.29, 0.717) is 25.3 Å². The minimum absolute atomic E-state index is 0.0448. The third kappa shape index (κ3) is 4.04. The van der Waals surface area contributed by atoms with Crippen molar-refractivity contribution in [2.75, 3.05) is 6.54 Å². The second kappa shape index (κ2) is 7.46. The predicted molar refractivity (Wildman–Crippen MR) is 90.2 cm³/mol. The third-order valence-electron chi connectivity index (χ3n) is 4.20. The lowest BCUT2D eigenvalue weighted by Gasteiger charge is -2.17. The molecule has 0 radical (unpaired) electrons. The van der Waals surface area contributed by atoms with Gasteiger partial charge in [-0.2, -0.15) is 5.10 Å². The molecule has 1 saturated heterocycles. The summed E-state index contributed by atoms with van der Waals surface area (Å²) >= 11 is 0. The van der Waals surface area contributed by atoms with Gasteiger partial charge in [0.1, 0.15) is 11.5 Å². The summed E-state index contributed by atoms with van der Waals surface area (Å²) in [7, 11) is 0. The highest BCUT2D eigenvalue weighted by Gasteiger charge is 2.31. The highest BCUT2D eigenvalue weighted by Crippen LogP contribution is 2.16. The van der Waals surface area contributed by atoms with E-state index in [0.717, 1.165) is 12.0 Å². The molecule has 1 atom stereocenters. The van der Waals surface area contributed by atoms with Crippen molar-refractivity contribution in [2.24, 2.45) is 0 Å². The number of nitrogens with one attached hydrogen (secondary N) is 1. The number of carbonyl (C=O) groups is 2. The zero-order valence-electron chi connectivity index (χ0n) is 14.1. The Labute approximate surface area is 145 Å². The molecule has 1 aliphatic rings. The van der Waals surface area contributed by atoms with Crippen LogP contribution in [-0.4, -0.2) is 39.1 Å². The smallest absolute Gasteiger partial charge is 0.269 e. The van der Waals surface area contributed by atoms with E-state index in [2.05, 4.69) is 10.4 Å². The lowest BCUT2D eigenvalue weighted by Crippen LogP contribution is -2.38. The first-order valence-electron chi connectivity index (χ1n) is 8.41. The zero-order chi connectivity index (χ0) is 17.8. The fourth-order valence-electron chi connectivity index (χ4n) is 3.05. The Hall–Kier alpha value is -2.70. The van der Waals surface area contributed by atoms with Gasteiger partial charge in [-0.15, -0.1) is 0 Å². The van der Waals surface area contributed by atoms with Crippen LogP contribution in [0.4, 0.5) is 4.39 Å². The molecule has 2 heterocycles. The molecule has 2 aromatic rings. The van der Waals surface area contributed by atoms with E-state index >= 15 is 0 Å². The van der Waals surface area contributed by atoms with E-state index in [1.807, 2.05) is 6.92 Å². The number of amides is 2. The Morgan fingerprint density at radius 2 is 2.24 bits per heavy atom. The number of aromatic nitrogens is 2. The van der Waals surface area contributed by atoms with Crippen LogP contribution in [0, 0.1) is 5.82 Å². The number of hydrogen-bond donors (Lipinski definition) is 1. The summed E-state index contributed by atoms with van der Waals surface area (Å²) in [5.41, 5.74) is 1.24. The molecule has 0 bridgehead atoms. The van der Waals surface area contributed by atoms with Crippen molar-refractivity contribution in [2.45, 2.75) is 38.9 Å². The quantitative estimate of drug-likeness (QED) is 0.871.